The van der Waals surface area contributed by atoms with Gasteiger partial charge in [0.2, 0.25) is 0 Å². The highest BCUT2D eigenvalue weighted by molar-refractivity contribution is 9.10. The van der Waals surface area contributed by atoms with Gasteiger partial charge in [0, 0.05) is 11.4 Å². The number of nitrogens with one attached hydrogen (secondary N) is 2. The number of hydrogen-bond acceptors (Lipinski definition) is 6. The molecular weight excluding hydrogens is 526 g/mol. The molecule has 184 valence electrons. The third kappa shape index (κ3) is 7.10. The summed E-state index contributed by atoms with van der Waals surface area (Å²) in [5.74, 6) is -0.211. The molecule has 0 radical (unpaired) electrons. The SMILES string of the molecule is CCOc1cc(/C=C(\C#N)C(=O)Nc2ccc(O)cc2)cc(Br)c1OCC(=O)Nc1ccccc1C. The molecule has 0 bridgehead atoms. The van der Waals surface area contributed by atoms with Crippen molar-refractivity contribution in [3.05, 3.63) is 81.8 Å². The molecule has 0 saturated heterocycles. The van der Waals surface area contributed by atoms with Crippen LogP contribution in [0.3, 0.4) is 0 Å². The summed E-state index contributed by atoms with van der Waals surface area (Å²) in [5, 5.41) is 24.3. The third-order valence-electron chi connectivity index (χ3n) is 4.90. The van der Waals surface area contributed by atoms with E-state index < -0.39 is 5.91 Å². The van der Waals surface area contributed by atoms with E-state index in [1.165, 1.54) is 30.3 Å². The van der Waals surface area contributed by atoms with E-state index in [1.807, 2.05) is 31.2 Å². The molecule has 0 atom stereocenters. The van der Waals surface area contributed by atoms with Crippen LogP contribution in [0.4, 0.5) is 11.4 Å². The molecular formula is C27H24BrN3O5. The van der Waals surface area contributed by atoms with Crippen LogP contribution in [0.5, 0.6) is 17.2 Å². The van der Waals surface area contributed by atoms with Gasteiger partial charge in [-0.3, -0.25) is 9.59 Å². The zero-order valence-electron chi connectivity index (χ0n) is 19.7. The number of phenolic OH excluding ortho intramolecular Hbond substituents is 1. The quantitative estimate of drug-likeness (QED) is 0.186. The lowest BCUT2D eigenvalue weighted by atomic mass is 10.1. The monoisotopic (exact) mass is 549 g/mol. The molecule has 2 amide bonds. The van der Waals surface area contributed by atoms with Gasteiger partial charge in [-0.25, -0.2) is 0 Å². The molecule has 36 heavy (non-hydrogen) atoms. The molecule has 0 spiro atoms. The molecule has 0 heterocycles. The number of phenols is 1. The van der Waals surface area contributed by atoms with E-state index in [2.05, 4.69) is 26.6 Å². The second-order valence-corrected chi connectivity index (χ2v) is 8.44. The van der Waals surface area contributed by atoms with Crippen LogP contribution in [0, 0.1) is 18.3 Å². The van der Waals surface area contributed by atoms with Gasteiger partial charge in [-0.1, -0.05) is 18.2 Å². The van der Waals surface area contributed by atoms with Gasteiger partial charge in [0.05, 0.1) is 11.1 Å². The number of aromatic hydroxyl groups is 1. The fraction of sp³-hybridized carbons (Fsp3) is 0.148. The maximum Gasteiger partial charge on any atom is 0.266 e. The second-order valence-electron chi connectivity index (χ2n) is 7.59. The number of anilines is 2. The van der Waals surface area contributed by atoms with Crippen molar-refractivity contribution < 1.29 is 24.2 Å². The molecule has 0 saturated carbocycles. The molecule has 9 heteroatoms. The molecule has 0 aliphatic rings. The highest BCUT2D eigenvalue weighted by atomic mass is 79.9. The van der Waals surface area contributed by atoms with Gasteiger partial charge < -0.3 is 25.2 Å². The van der Waals surface area contributed by atoms with E-state index in [0.29, 0.717) is 39.5 Å². The summed E-state index contributed by atoms with van der Waals surface area (Å²) in [5.41, 5.74) is 2.44. The zero-order chi connectivity index (χ0) is 26.1. The van der Waals surface area contributed by atoms with Crippen LogP contribution in [-0.4, -0.2) is 30.1 Å². The molecule has 0 fully saturated rings. The molecule has 0 unspecified atom stereocenters. The highest BCUT2D eigenvalue weighted by Crippen LogP contribution is 2.37. The maximum absolute atomic E-state index is 12.6. The standard InChI is InChI=1S/C27H24BrN3O5/c1-3-35-24-14-18(12-19(15-29)27(34)30-20-8-10-21(32)11-9-20)13-22(28)26(24)36-16-25(33)31-23-7-5-4-6-17(23)2/h4-14,32H,3,16H2,1-2H3,(H,30,34)(H,31,33)/b19-12+. The number of amides is 2. The van der Waals surface area contributed by atoms with Gasteiger partial charge in [-0.05, 0) is 89.4 Å². The first-order valence-electron chi connectivity index (χ1n) is 11.0. The van der Waals surface area contributed by atoms with Crippen molar-refractivity contribution in [2.75, 3.05) is 23.8 Å². The summed E-state index contributed by atoms with van der Waals surface area (Å²) >= 11 is 3.43. The molecule has 3 rings (SSSR count). The predicted octanol–water partition coefficient (Wildman–Crippen LogP) is 5.43. The number of aryl methyl sites for hydroxylation is 1. The Bertz CT molecular complexity index is 1330. The third-order valence-corrected chi connectivity index (χ3v) is 5.49. The van der Waals surface area contributed by atoms with Crippen molar-refractivity contribution in [3.63, 3.8) is 0 Å². The van der Waals surface area contributed by atoms with E-state index in [9.17, 15) is 20.0 Å². The summed E-state index contributed by atoms with van der Waals surface area (Å²) in [6.45, 7) is 3.78. The fourth-order valence-electron chi connectivity index (χ4n) is 3.17. The van der Waals surface area contributed by atoms with Crippen molar-refractivity contribution in [3.8, 4) is 23.3 Å². The summed E-state index contributed by atoms with van der Waals surface area (Å²) in [6, 6.07) is 18.5. The normalized spacial score (nSPS) is 10.8. The van der Waals surface area contributed by atoms with Crippen molar-refractivity contribution in [1.82, 2.24) is 0 Å². The van der Waals surface area contributed by atoms with Gasteiger partial charge in [-0.2, -0.15) is 5.26 Å². The van der Waals surface area contributed by atoms with Crippen molar-refractivity contribution in [1.29, 1.82) is 5.26 Å². The molecule has 0 aromatic heterocycles. The van der Waals surface area contributed by atoms with Gasteiger partial charge in [0.25, 0.3) is 11.8 Å². The molecule has 0 aliphatic carbocycles. The second kappa shape index (κ2) is 12.4. The summed E-state index contributed by atoms with van der Waals surface area (Å²) in [7, 11) is 0. The van der Waals surface area contributed by atoms with Crippen LogP contribution in [0.15, 0.2) is 70.7 Å². The molecule has 8 nitrogen and oxygen atoms in total. The molecule has 3 aromatic carbocycles. The average molecular weight is 550 g/mol. The predicted molar refractivity (Wildman–Crippen MR) is 141 cm³/mol. The number of halogens is 1. The Kier molecular flexibility index (Phi) is 9.08. The number of benzene rings is 3. The van der Waals surface area contributed by atoms with Crippen LogP contribution >= 0.6 is 15.9 Å². The van der Waals surface area contributed by atoms with E-state index in [4.69, 9.17) is 9.47 Å². The summed E-state index contributed by atoms with van der Waals surface area (Å²) in [6.07, 6.45) is 1.41. The fourth-order valence-corrected chi connectivity index (χ4v) is 3.74. The van der Waals surface area contributed by atoms with E-state index in [0.717, 1.165) is 5.56 Å². The van der Waals surface area contributed by atoms with Gasteiger partial charge in [-0.15, -0.1) is 0 Å². The number of ether oxygens (including phenoxy) is 2. The number of para-hydroxylation sites is 1. The van der Waals surface area contributed by atoms with Crippen LogP contribution in [0.1, 0.15) is 18.1 Å². The van der Waals surface area contributed by atoms with Crippen molar-refractivity contribution in [2.24, 2.45) is 0 Å². The first-order chi connectivity index (χ1) is 17.3. The van der Waals surface area contributed by atoms with Gasteiger partial charge in [0.15, 0.2) is 18.1 Å². The number of rotatable bonds is 9. The topological polar surface area (TPSA) is 121 Å². The average Bonchev–Trinajstić information content (AvgIpc) is 2.85. The van der Waals surface area contributed by atoms with Crippen LogP contribution in [0.25, 0.3) is 6.08 Å². The summed E-state index contributed by atoms with van der Waals surface area (Å²) in [4.78, 5) is 25.0. The van der Waals surface area contributed by atoms with Crippen LogP contribution in [0.2, 0.25) is 0 Å². The minimum atomic E-state index is -0.606. The Morgan fingerprint density at radius 3 is 2.47 bits per heavy atom. The lowest BCUT2D eigenvalue weighted by Gasteiger charge is -2.15. The number of nitrogens with zero attached hydrogens (tertiary/aromatic N) is 1. The Morgan fingerprint density at radius 1 is 1.08 bits per heavy atom. The number of nitriles is 1. The minimum Gasteiger partial charge on any atom is -0.508 e. The van der Waals surface area contributed by atoms with Crippen molar-refractivity contribution >= 4 is 45.2 Å². The van der Waals surface area contributed by atoms with Gasteiger partial charge in [0.1, 0.15) is 17.4 Å². The van der Waals surface area contributed by atoms with E-state index in [-0.39, 0.29) is 23.8 Å². The number of carbonyl (C=O) groups excluding carboxylic acids is 2. The Labute approximate surface area is 217 Å². The molecule has 3 aromatic rings. The van der Waals surface area contributed by atoms with Crippen LogP contribution < -0.4 is 20.1 Å². The van der Waals surface area contributed by atoms with Gasteiger partial charge >= 0.3 is 0 Å². The Morgan fingerprint density at radius 2 is 1.81 bits per heavy atom. The first-order valence-corrected chi connectivity index (χ1v) is 11.8. The maximum atomic E-state index is 12.6. The largest absolute Gasteiger partial charge is 0.508 e. The Hall–Kier alpha value is -4.29. The highest BCUT2D eigenvalue weighted by Gasteiger charge is 2.16. The number of carbonyl (C=O) groups is 2. The van der Waals surface area contributed by atoms with Crippen molar-refractivity contribution in [2.45, 2.75) is 13.8 Å². The van der Waals surface area contributed by atoms with Crippen LogP contribution in [-0.2, 0) is 9.59 Å². The minimum absolute atomic E-state index is 0.0623. The summed E-state index contributed by atoms with van der Waals surface area (Å²) < 4.78 is 11.9. The van der Waals surface area contributed by atoms with E-state index in [1.54, 1.807) is 25.1 Å². The Balaban J connectivity index is 1.77. The molecule has 3 N–H and O–H groups in total. The first kappa shape index (κ1) is 26.3. The lowest BCUT2D eigenvalue weighted by Crippen LogP contribution is -2.21. The zero-order valence-corrected chi connectivity index (χ0v) is 21.3. The lowest BCUT2D eigenvalue weighted by molar-refractivity contribution is -0.118. The number of hydrogen-bond donors (Lipinski definition) is 3. The van der Waals surface area contributed by atoms with E-state index >= 15 is 0 Å². The molecule has 0 aliphatic heterocycles. The smallest absolute Gasteiger partial charge is 0.266 e.